The van der Waals surface area contributed by atoms with Gasteiger partial charge < -0.3 is 10.4 Å². The summed E-state index contributed by atoms with van der Waals surface area (Å²) in [6.45, 7) is 0.614. The first-order valence-electron chi connectivity index (χ1n) is 4.72. The van der Waals surface area contributed by atoms with Gasteiger partial charge in [0.25, 0.3) is 0 Å². The number of carboxylic acids is 1. The van der Waals surface area contributed by atoms with Gasteiger partial charge in [-0.1, -0.05) is 19.3 Å². The van der Waals surface area contributed by atoms with Crippen molar-refractivity contribution in [1.29, 1.82) is 0 Å². The maximum absolute atomic E-state index is 11.3. The van der Waals surface area contributed by atoms with E-state index >= 15 is 0 Å². The number of amides is 1. The van der Waals surface area contributed by atoms with Gasteiger partial charge in [0.05, 0.1) is 0 Å². The van der Waals surface area contributed by atoms with Crippen LogP contribution in [0.4, 0.5) is 0 Å². The van der Waals surface area contributed by atoms with Crippen molar-refractivity contribution in [2.75, 3.05) is 6.54 Å². The molecule has 1 saturated heterocycles. The highest BCUT2D eigenvalue weighted by Crippen LogP contribution is 2.13. The smallest absolute Gasteiger partial charge is 0.316 e. The van der Waals surface area contributed by atoms with Crippen LogP contribution in [0.15, 0.2) is 0 Å². The summed E-state index contributed by atoms with van der Waals surface area (Å²) < 4.78 is 0. The zero-order valence-corrected chi connectivity index (χ0v) is 7.58. The molecule has 0 aromatic carbocycles. The van der Waals surface area contributed by atoms with Crippen molar-refractivity contribution in [2.24, 2.45) is 5.92 Å². The fraction of sp³-hybridized carbons (Fsp3) is 0.778. The van der Waals surface area contributed by atoms with Crippen molar-refractivity contribution in [1.82, 2.24) is 5.32 Å². The molecule has 0 aromatic rings. The van der Waals surface area contributed by atoms with E-state index in [9.17, 15) is 9.59 Å². The Kier molecular flexibility index (Phi) is 3.73. The standard InChI is InChI=1S/C9H15NO3/c11-8-7(9(12)13)5-3-1-2-4-6-10-8/h7H,1-6H2,(H,10,11)(H,12,13). The van der Waals surface area contributed by atoms with Gasteiger partial charge >= 0.3 is 5.97 Å². The monoisotopic (exact) mass is 185 g/mol. The second-order valence-corrected chi connectivity index (χ2v) is 3.38. The highest BCUT2D eigenvalue weighted by Gasteiger charge is 2.25. The van der Waals surface area contributed by atoms with E-state index < -0.39 is 11.9 Å². The zero-order valence-electron chi connectivity index (χ0n) is 7.58. The van der Waals surface area contributed by atoms with Crippen LogP contribution >= 0.6 is 0 Å². The van der Waals surface area contributed by atoms with Crippen molar-refractivity contribution < 1.29 is 14.7 Å². The number of carbonyl (C=O) groups excluding carboxylic acids is 1. The van der Waals surface area contributed by atoms with Gasteiger partial charge in [-0.25, -0.2) is 0 Å². The number of hydrogen-bond acceptors (Lipinski definition) is 2. The summed E-state index contributed by atoms with van der Waals surface area (Å²) in [7, 11) is 0. The van der Waals surface area contributed by atoms with Gasteiger partial charge in [0.1, 0.15) is 5.92 Å². The first-order chi connectivity index (χ1) is 6.22. The van der Waals surface area contributed by atoms with Gasteiger partial charge in [-0.2, -0.15) is 0 Å². The first kappa shape index (κ1) is 10.0. The number of rotatable bonds is 1. The lowest BCUT2D eigenvalue weighted by Gasteiger charge is -2.09. The van der Waals surface area contributed by atoms with Crippen molar-refractivity contribution in [3.63, 3.8) is 0 Å². The summed E-state index contributed by atoms with van der Waals surface area (Å²) in [5.41, 5.74) is 0. The Hall–Kier alpha value is -1.06. The van der Waals surface area contributed by atoms with E-state index in [1.165, 1.54) is 0 Å². The van der Waals surface area contributed by atoms with E-state index in [0.29, 0.717) is 13.0 Å². The summed E-state index contributed by atoms with van der Waals surface area (Å²) in [6, 6.07) is 0. The van der Waals surface area contributed by atoms with Crippen LogP contribution < -0.4 is 5.32 Å². The molecule has 1 rings (SSSR count). The Morgan fingerprint density at radius 2 is 2.00 bits per heavy atom. The number of nitrogens with one attached hydrogen (secondary N) is 1. The maximum Gasteiger partial charge on any atom is 0.316 e. The molecular weight excluding hydrogens is 170 g/mol. The zero-order chi connectivity index (χ0) is 9.68. The highest BCUT2D eigenvalue weighted by atomic mass is 16.4. The van der Waals surface area contributed by atoms with Crippen LogP contribution in [0.5, 0.6) is 0 Å². The number of hydrogen-bond donors (Lipinski definition) is 2. The first-order valence-corrected chi connectivity index (χ1v) is 4.72. The average Bonchev–Trinajstić information content (AvgIpc) is 2.16. The molecule has 13 heavy (non-hydrogen) atoms. The predicted molar refractivity (Wildman–Crippen MR) is 47.2 cm³/mol. The minimum absolute atomic E-state index is 0.325. The van der Waals surface area contributed by atoms with E-state index in [-0.39, 0.29) is 5.91 Å². The van der Waals surface area contributed by atoms with Crippen LogP contribution in [0.1, 0.15) is 32.1 Å². The van der Waals surface area contributed by atoms with Gasteiger partial charge in [-0.05, 0) is 12.8 Å². The minimum atomic E-state index is -1.00. The van der Waals surface area contributed by atoms with Crippen LogP contribution in [-0.2, 0) is 9.59 Å². The Morgan fingerprint density at radius 3 is 2.69 bits per heavy atom. The van der Waals surface area contributed by atoms with Gasteiger partial charge in [0.15, 0.2) is 0 Å². The Bertz CT molecular complexity index is 203. The van der Waals surface area contributed by atoms with Crippen molar-refractivity contribution in [2.45, 2.75) is 32.1 Å². The van der Waals surface area contributed by atoms with Crippen molar-refractivity contribution in [3.8, 4) is 0 Å². The molecule has 0 spiro atoms. The molecule has 0 bridgehead atoms. The molecule has 1 aliphatic heterocycles. The maximum atomic E-state index is 11.3. The lowest BCUT2D eigenvalue weighted by atomic mass is 10.0. The van der Waals surface area contributed by atoms with Gasteiger partial charge in [-0.15, -0.1) is 0 Å². The lowest BCUT2D eigenvalue weighted by molar-refractivity contribution is -0.147. The van der Waals surface area contributed by atoms with Crippen molar-refractivity contribution >= 4 is 11.9 Å². The quantitative estimate of drug-likeness (QED) is 0.593. The third kappa shape index (κ3) is 3.05. The second kappa shape index (κ2) is 4.84. The number of carboxylic acid groups (broad SMARTS) is 1. The molecule has 1 unspecified atom stereocenters. The van der Waals surface area contributed by atoms with Crippen LogP contribution in [0.25, 0.3) is 0 Å². The largest absolute Gasteiger partial charge is 0.481 e. The topological polar surface area (TPSA) is 66.4 Å². The number of carbonyl (C=O) groups is 2. The fourth-order valence-corrected chi connectivity index (χ4v) is 1.53. The lowest BCUT2D eigenvalue weighted by Crippen LogP contribution is -2.35. The molecule has 1 atom stereocenters. The molecule has 0 radical (unpaired) electrons. The van der Waals surface area contributed by atoms with Crippen LogP contribution in [0.2, 0.25) is 0 Å². The molecule has 2 N–H and O–H groups in total. The van der Waals surface area contributed by atoms with Crippen LogP contribution in [0.3, 0.4) is 0 Å². The Labute approximate surface area is 77.3 Å². The molecule has 1 amide bonds. The molecule has 1 aliphatic rings. The van der Waals surface area contributed by atoms with E-state index in [2.05, 4.69) is 5.32 Å². The Morgan fingerprint density at radius 1 is 1.31 bits per heavy atom. The molecule has 74 valence electrons. The second-order valence-electron chi connectivity index (χ2n) is 3.38. The molecular formula is C9H15NO3. The molecule has 4 nitrogen and oxygen atoms in total. The summed E-state index contributed by atoms with van der Waals surface area (Å²) in [6.07, 6.45) is 4.37. The minimum Gasteiger partial charge on any atom is -0.481 e. The van der Waals surface area contributed by atoms with Crippen LogP contribution in [0, 0.1) is 5.92 Å². The van der Waals surface area contributed by atoms with Crippen LogP contribution in [-0.4, -0.2) is 23.5 Å². The third-order valence-corrected chi connectivity index (χ3v) is 2.33. The van der Waals surface area contributed by atoms with Gasteiger partial charge in [-0.3, -0.25) is 9.59 Å². The molecule has 1 heterocycles. The van der Waals surface area contributed by atoms with E-state index in [1.54, 1.807) is 0 Å². The molecule has 0 saturated carbocycles. The third-order valence-electron chi connectivity index (χ3n) is 2.33. The average molecular weight is 185 g/mol. The summed E-state index contributed by atoms with van der Waals surface area (Å²) >= 11 is 0. The molecule has 0 aromatic heterocycles. The van der Waals surface area contributed by atoms with Gasteiger partial charge in [0.2, 0.25) is 5.91 Å². The summed E-state index contributed by atoms with van der Waals surface area (Å²) in [5, 5.41) is 11.4. The van der Waals surface area contributed by atoms with E-state index in [0.717, 1.165) is 25.7 Å². The summed E-state index contributed by atoms with van der Waals surface area (Å²) in [5.74, 6) is -2.16. The van der Waals surface area contributed by atoms with Crippen molar-refractivity contribution in [3.05, 3.63) is 0 Å². The molecule has 1 fully saturated rings. The molecule has 4 heteroatoms. The SMILES string of the molecule is O=C(O)C1CCCCCCNC1=O. The summed E-state index contributed by atoms with van der Waals surface area (Å²) in [4.78, 5) is 22.0. The fourth-order valence-electron chi connectivity index (χ4n) is 1.53. The Balaban J connectivity index is 2.55. The van der Waals surface area contributed by atoms with E-state index in [4.69, 9.17) is 5.11 Å². The number of aliphatic carboxylic acids is 1. The molecule has 0 aliphatic carbocycles. The predicted octanol–water partition coefficient (Wildman–Crippen LogP) is 0.767. The van der Waals surface area contributed by atoms with E-state index in [1.807, 2.05) is 0 Å². The highest BCUT2D eigenvalue weighted by molar-refractivity contribution is 5.96. The van der Waals surface area contributed by atoms with Gasteiger partial charge in [0, 0.05) is 6.54 Å². The normalized spacial score (nSPS) is 25.2.